The van der Waals surface area contributed by atoms with Crippen molar-refractivity contribution in [3.05, 3.63) is 28.3 Å². The van der Waals surface area contributed by atoms with E-state index in [0.29, 0.717) is 18.0 Å². The van der Waals surface area contributed by atoms with E-state index >= 15 is 0 Å². The van der Waals surface area contributed by atoms with Crippen LogP contribution in [0.3, 0.4) is 0 Å². The van der Waals surface area contributed by atoms with Gasteiger partial charge in [0.15, 0.2) is 0 Å². The molecular weight excluding hydrogens is 356 g/mol. The summed E-state index contributed by atoms with van der Waals surface area (Å²) in [4.78, 5) is 22.0. The molecule has 1 saturated heterocycles. The first-order valence-electron chi connectivity index (χ1n) is 7.43. The minimum absolute atomic E-state index is 0.0613. The highest BCUT2D eigenvalue weighted by molar-refractivity contribution is 8.00. The van der Waals surface area contributed by atoms with Crippen LogP contribution in [0, 0.1) is 10.1 Å². The largest absolute Gasteiger partial charge is 0.465 e. The van der Waals surface area contributed by atoms with E-state index in [2.05, 4.69) is 0 Å². The number of thioether (sulfide) groups is 1. The molecule has 0 N–H and O–H groups in total. The van der Waals surface area contributed by atoms with Crippen molar-refractivity contribution < 1.29 is 22.9 Å². The van der Waals surface area contributed by atoms with Crippen molar-refractivity contribution in [2.75, 3.05) is 25.4 Å². The molecular formula is C14H18N2O6S2. The molecule has 0 unspecified atom stereocenters. The normalized spacial score (nSPS) is 15.4. The van der Waals surface area contributed by atoms with Crippen LogP contribution < -0.4 is 0 Å². The Morgan fingerprint density at radius 2 is 2.04 bits per heavy atom. The first-order valence-corrected chi connectivity index (χ1v) is 9.86. The summed E-state index contributed by atoms with van der Waals surface area (Å²) >= 11 is 0.998. The van der Waals surface area contributed by atoms with Crippen LogP contribution in [0.2, 0.25) is 0 Å². The van der Waals surface area contributed by atoms with E-state index in [4.69, 9.17) is 4.74 Å². The van der Waals surface area contributed by atoms with Gasteiger partial charge in [-0.1, -0.05) is 0 Å². The predicted molar refractivity (Wildman–Crippen MR) is 88.4 cm³/mol. The molecule has 0 aromatic heterocycles. The number of hydrogen-bond donors (Lipinski definition) is 0. The number of carbonyl (C=O) groups is 1. The average Bonchev–Trinajstić information content (AvgIpc) is 3.08. The molecule has 1 aliphatic heterocycles. The molecule has 0 radical (unpaired) electrons. The van der Waals surface area contributed by atoms with Crippen LogP contribution in [0.15, 0.2) is 28.0 Å². The summed E-state index contributed by atoms with van der Waals surface area (Å²) in [5, 5.41) is 11.0. The van der Waals surface area contributed by atoms with Crippen molar-refractivity contribution in [2.45, 2.75) is 29.6 Å². The van der Waals surface area contributed by atoms with Crippen LogP contribution in [-0.4, -0.2) is 49.1 Å². The molecule has 10 heteroatoms. The summed E-state index contributed by atoms with van der Waals surface area (Å²) in [6.07, 6.45) is 1.53. The maximum atomic E-state index is 12.8. The van der Waals surface area contributed by atoms with Crippen molar-refractivity contribution in [1.82, 2.24) is 4.31 Å². The Morgan fingerprint density at radius 3 is 2.62 bits per heavy atom. The van der Waals surface area contributed by atoms with Gasteiger partial charge in [0.05, 0.1) is 17.3 Å². The van der Waals surface area contributed by atoms with Crippen LogP contribution in [0.5, 0.6) is 0 Å². The molecule has 0 bridgehead atoms. The molecule has 24 heavy (non-hydrogen) atoms. The number of nitro groups is 1. The zero-order valence-electron chi connectivity index (χ0n) is 13.1. The third-order valence-corrected chi connectivity index (χ3v) is 6.59. The Balaban J connectivity index is 2.36. The van der Waals surface area contributed by atoms with Gasteiger partial charge < -0.3 is 4.74 Å². The zero-order valence-corrected chi connectivity index (χ0v) is 14.8. The molecule has 132 valence electrons. The number of hydrogen-bond acceptors (Lipinski definition) is 7. The summed E-state index contributed by atoms with van der Waals surface area (Å²) in [7, 11) is -3.83. The van der Waals surface area contributed by atoms with Gasteiger partial charge >= 0.3 is 5.97 Å². The molecule has 1 fully saturated rings. The van der Waals surface area contributed by atoms with Crippen LogP contribution in [0.25, 0.3) is 0 Å². The average molecular weight is 374 g/mol. The van der Waals surface area contributed by atoms with Gasteiger partial charge in [0.1, 0.15) is 4.90 Å². The monoisotopic (exact) mass is 374 g/mol. The van der Waals surface area contributed by atoms with Gasteiger partial charge in [-0.25, -0.2) is 8.42 Å². The summed E-state index contributed by atoms with van der Waals surface area (Å²) in [6.45, 7) is 2.70. The maximum Gasteiger partial charge on any atom is 0.316 e. The maximum absolute atomic E-state index is 12.8. The number of esters is 1. The lowest BCUT2D eigenvalue weighted by atomic mass is 10.3. The van der Waals surface area contributed by atoms with E-state index in [1.54, 1.807) is 6.92 Å². The number of non-ortho nitro benzene ring substituents is 1. The standard InChI is InChI=1S/C14H18N2O6S2/c1-2-22-14(17)10-23-12-6-5-11(16(18)19)9-13(12)24(20,21)15-7-3-4-8-15/h5-6,9H,2-4,7-8,10H2,1H3. The predicted octanol–water partition coefficient (Wildman–Crippen LogP) is 2.03. The third-order valence-electron chi connectivity index (χ3n) is 3.47. The molecule has 0 saturated carbocycles. The minimum Gasteiger partial charge on any atom is -0.465 e. The van der Waals surface area contributed by atoms with Crippen molar-refractivity contribution in [2.24, 2.45) is 0 Å². The topological polar surface area (TPSA) is 107 Å². The van der Waals surface area contributed by atoms with Crippen molar-refractivity contribution in [3.63, 3.8) is 0 Å². The number of nitro benzene ring substituents is 1. The molecule has 1 aliphatic rings. The van der Waals surface area contributed by atoms with E-state index in [9.17, 15) is 23.3 Å². The highest BCUT2D eigenvalue weighted by atomic mass is 32.2. The van der Waals surface area contributed by atoms with Crippen LogP contribution >= 0.6 is 11.8 Å². The molecule has 1 heterocycles. The Labute approximate surface area is 144 Å². The Morgan fingerprint density at radius 1 is 1.38 bits per heavy atom. The lowest BCUT2D eigenvalue weighted by molar-refractivity contribution is -0.385. The molecule has 0 aliphatic carbocycles. The fourth-order valence-electron chi connectivity index (χ4n) is 2.34. The third kappa shape index (κ3) is 4.25. The fraction of sp³-hybridized carbons (Fsp3) is 0.500. The van der Waals surface area contributed by atoms with E-state index in [1.807, 2.05) is 0 Å². The lowest BCUT2D eigenvalue weighted by Crippen LogP contribution is -2.28. The van der Waals surface area contributed by atoms with E-state index in [0.717, 1.165) is 30.7 Å². The van der Waals surface area contributed by atoms with Gasteiger partial charge in [0, 0.05) is 30.1 Å². The molecule has 1 aromatic carbocycles. The zero-order chi connectivity index (χ0) is 17.7. The molecule has 2 rings (SSSR count). The lowest BCUT2D eigenvalue weighted by Gasteiger charge is -2.17. The molecule has 0 atom stereocenters. The fourth-order valence-corrected chi connectivity index (χ4v) is 5.16. The second-order valence-corrected chi connectivity index (χ2v) is 8.02. The summed E-state index contributed by atoms with van der Waals surface area (Å²) < 4.78 is 31.7. The quantitative estimate of drug-likeness (QED) is 0.311. The van der Waals surface area contributed by atoms with E-state index < -0.39 is 20.9 Å². The van der Waals surface area contributed by atoms with Gasteiger partial charge in [-0.2, -0.15) is 4.31 Å². The molecule has 1 aromatic rings. The van der Waals surface area contributed by atoms with Crippen molar-refractivity contribution >= 4 is 33.4 Å². The second kappa shape index (κ2) is 7.95. The van der Waals surface area contributed by atoms with Crippen LogP contribution in [0.4, 0.5) is 5.69 Å². The number of carbonyl (C=O) groups excluding carboxylic acids is 1. The van der Waals surface area contributed by atoms with Gasteiger partial charge in [-0.3, -0.25) is 14.9 Å². The van der Waals surface area contributed by atoms with Gasteiger partial charge in [0.2, 0.25) is 10.0 Å². The number of ether oxygens (including phenoxy) is 1. The van der Waals surface area contributed by atoms with Gasteiger partial charge in [-0.05, 0) is 25.8 Å². The number of sulfonamides is 1. The van der Waals surface area contributed by atoms with Gasteiger partial charge in [-0.15, -0.1) is 11.8 Å². The SMILES string of the molecule is CCOC(=O)CSc1ccc([N+](=O)[O-])cc1S(=O)(=O)N1CCCC1. The number of benzene rings is 1. The van der Waals surface area contributed by atoms with Crippen LogP contribution in [0.1, 0.15) is 19.8 Å². The van der Waals surface area contributed by atoms with Crippen molar-refractivity contribution in [1.29, 1.82) is 0 Å². The minimum atomic E-state index is -3.83. The summed E-state index contributed by atoms with van der Waals surface area (Å²) in [5.74, 6) is -0.529. The summed E-state index contributed by atoms with van der Waals surface area (Å²) in [6, 6.07) is 3.66. The second-order valence-electron chi connectivity index (χ2n) is 5.09. The highest BCUT2D eigenvalue weighted by Gasteiger charge is 2.31. The highest BCUT2D eigenvalue weighted by Crippen LogP contribution is 2.33. The van der Waals surface area contributed by atoms with Crippen molar-refractivity contribution in [3.8, 4) is 0 Å². The molecule has 0 spiro atoms. The van der Waals surface area contributed by atoms with Gasteiger partial charge in [0.25, 0.3) is 5.69 Å². The van der Waals surface area contributed by atoms with E-state index in [1.165, 1.54) is 16.4 Å². The first kappa shape index (κ1) is 18.7. The molecule has 8 nitrogen and oxygen atoms in total. The number of rotatable bonds is 7. The van der Waals surface area contributed by atoms with E-state index in [-0.39, 0.29) is 22.9 Å². The first-order chi connectivity index (χ1) is 11.4. The molecule has 0 amide bonds. The van der Waals surface area contributed by atoms with Crippen LogP contribution in [-0.2, 0) is 19.6 Å². The summed E-state index contributed by atoms with van der Waals surface area (Å²) in [5.41, 5.74) is -0.298. The Bertz CT molecular complexity index is 729. The Kier molecular flexibility index (Phi) is 6.19. The Hall–Kier alpha value is -1.65. The number of nitrogens with zero attached hydrogens (tertiary/aromatic N) is 2. The smallest absolute Gasteiger partial charge is 0.316 e.